The maximum atomic E-state index is 4.66. The Kier molecular flexibility index (Phi) is 4.57. The highest BCUT2D eigenvalue weighted by molar-refractivity contribution is 5.53. The van der Waals surface area contributed by atoms with Crippen molar-refractivity contribution in [2.45, 2.75) is 31.6 Å². The Morgan fingerprint density at radius 2 is 2.04 bits per heavy atom. The lowest BCUT2D eigenvalue weighted by atomic mass is 9.97. The van der Waals surface area contributed by atoms with Crippen LogP contribution in [0.4, 0.5) is 17.6 Å². The number of nitrogens with one attached hydrogen (secondary N) is 2. The average molecular weight is 341 g/mol. The first-order chi connectivity index (χ1) is 12.2. The molecule has 0 amide bonds. The molecule has 25 heavy (non-hydrogen) atoms. The summed E-state index contributed by atoms with van der Waals surface area (Å²) in [7, 11) is 4.28. The molecule has 2 aliphatic rings. The van der Waals surface area contributed by atoms with Crippen LogP contribution in [0, 0.1) is 5.92 Å². The standard InChI is InChI=1S/C18H27N7/c1-24-9-6-13(7-10-24)12-25(2)18-19-8-5-16(21-18)20-17-11-15(22-23-17)14-3-4-14/h5,8,11,13-14H,3-4,6-7,9-10,12H2,1-2H3,(H2,19,20,21,22,23). The van der Waals surface area contributed by atoms with Crippen molar-refractivity contribution < 1.29 is 0 Å². The molecule has 134 valence electrons. The fourth-order valence-corrected chi connectivity index (χ4v) is 3.45. The van der Waals surface area contributed by atoms with Gasteiger partial charge in [-0.25, -0.2) is 4.98 Å². The summed E-state index contributed by atoms with van der Waals surface area (Å²) in [6, 6.07) is 3.97. The van der Waals surface area contributed by atoms with Crippen molar-refractivity contribution in [1.82, 2.24) is 25.1 Å². The van der Waals surface area contributed by atoms with Gasteiger partial charge in [0.2, 0.25) is 5.95 Å². The van der Waals surface area contributed by atoms with Gasteiger partial charge in [0.05, 0.1) is 0 Å². The molecule has 0 unspecified atom stereocenters. The van der Waals surface area contributed by atoms with Crippen molar-refractivity contribution in [2.24, 2.45) is 5.92 Å². The fraction of sp³-hybridized carbons (Fsp3) is 0.611. The largest absolute Gasteiger partial charge is 0.344 e. The van der Waals surface area contributed by atoms with E-state index in [1.54, 1.807) is 0 Å². The Morgan fingerprint density at radius 1 is 1.24 bits per heavy atom. The molecule has 1 aliphatic heterocycles. The van der Waals surface area contributed by atoms with Gasteiger partial charge in [-0.05, 0) is 57.8 Å². The first-order valence-electron chi connectivity index (χ1n) is 9.22. The van der Waals surface area contributed by atoms with Crippen molar-refractivity contribution in [2.75, 3.05) is 43.9 Å². The summed E-state index contributed by atoms with van der Waals surface area (Å²) >= 11 is 0. The summed E-state index contributed by atoms with van der Waals surface area (Å²) in [6.07, 6.45) is 6.83. The maximum Gasteiger partial charge on any atom is 0.227 e. The van der Waals surface area contributed by atoms with Crippen LogP contribution >= 0.6 is 0 Å². The summed E-state index contributed by atoms with van der Waals surface area (Å²) in [4.78, 5) is 13.7. The van der Waals surface area contributed by atoms with Gasteiger partial charge < -0.3 is 15.1 Å². The number of piperidine rings is 1. The maximum absolute atomic E-state index is 4.66. The summed E-state index contributed by atoms with van der Waals surface area (Å²) in [5.74, 6) is 3.76. The van der Waals surface area contributed by atoms with Crippen LogP contribution in [0.1, 0.15) is 37.3 Å². The molecule has 0 radical (unpaired) electrons. The Hall–Kier alpha value is -2.15. The summed E-state index contributed by atoms with van der Waals surface area (Å²) in [5, 5.41) is 10.7. The smallest absolute Gasteiger partial charge is 0.227 e. The van der Waals surface area contributed by atoms with E-state index in [1.165, 1.54) is 44.5 Å². The summed E-state index contributed by atoms with van der Waals surface area (Å²) < 4.78 is 0. The minimum Gasteiger partial charge on any atom is -0.344 e. The molecule has 0 aromatic carbocycles. The molecule has 2 fully saturated rings. The Morgan fingerprint density at radius 3 is 2.80 bits per heavy atom. The lowest BCUT2D eigenvalue weighted by Crippen LogP contribution is -2.36. The lowest BCUT2D eigenvalue weighted by Gasteiger charge is -2.31. The molecule has 0 spiro atoms. The third-order valence-electron chi connectivity index (χ3n) is 5.23. The van der Waals surface area contributed by atoms with Crippen LogP contribution in [0.15, 0.2) is 18.3 Å². The SMILES string of the molecule is CN1CCC(CN(C)c2nccc(Nc3cc(C4CC4)[nH]n3)n2)CC1. The van der Waals surface area contributed by atoms with Gasteiger partial charge >= 0.3 is 0 Å². The third kappa shape index (κ3) is 4.10. The second-order valence-corrected chi connectivity index (χ2v) is 7.48. The fourth-order valence-electron chi connectivity index (χ4n) is 3.45. The molecule has 2 aromatic heterocycles. The van der Waals surface area contributed by atoms with E-state index in [0.29, 0.717) is 11.8 Å². The van der Waals surface area contributed by atoms with E-state index in [0.717, 1.165) is 24.1 Å². The van der Waals surface area contributed by atoms with Gasteiger partial charge in [0.15, 0.2) is 5.82 Å². The first kappa shape index (κ1) is 16.3. The highest BCUT2D eigenvalue weighted by atomic mass is 15.3. The predicted molar refractivity (Wildman–Crippen MR) is 99.4 cm³/mol. The van der Waals surface area contributed by atoms with Crippen LogP contribution in [-0.4, -0.2) is 58.8 Å². The molecular weight excluding hydrogens is 314 g/mol. The van der Waals surface area contributed by atoms with Crippen LogP contribution in [0.5, 0.6) is 0 Å². The van der Waals surface area contributed by atoms with E-state index in [1.807, 2.05) is 12.3 Å². The summed E-state index contributed by atoms with van der Waals surface area (Å²) in [5.41, 5.74) is 1.22. The molecule has 3 heterocycles. The van der Waals surface area contributed by atoms with Crippen molar-refractivity contribution >= 4 is 17.6 Å². The molecule has 0 atom stereocenters. The molecule has 1 saturated carbocycles. The van der Waals surface area contributed by atoms with Gasteiger partial charge in [-0.1, -0.05) is 0 Å². The van der Waals surface area contributed by atoms with Gasteiger partial charge in [0.25, 0.3) is 0 Å². The molecule has 7 heteroatoms. The molecule has 2 N–H and O–H groups in total. The monoisotopic (exact) mass is 341 g/mol. The Balaban J connectivity index is 1.37. The second kappa shape index (κ2) is 7.00. The topological polar surface area (TPSA) is 73.0 Å². The number of likely N-dealkylation sites (tertiary alicyclic amines) is 1. The zero-order valence-corrected chi connectivity index (χ0v) is 15.1. The number of aromatic nitrogens is 4. The van der Waals surface area contributed by atoms with E-state index in [2.05, 4.69) is 55.4 Å². The molecule has 1 saturated heterocycles. The van der Waals surface area contributed by atoms with Gasteiger partial charge in [-0.2, -0.15) is 10.1 Å². The van der Waals surface area contributed by atoms with E-state index >= 15 is 0 Å². The first-order valence-corrected chi connectivity index (χ1v) is 9.22. The Bertz CT molecular complexity index is 701. The normalized spacial score (nSPS) is 19.1. The molecule has 0 bridgehead atoms. The average Bonchev–Trinajstić information content (AvgIpc) is 3.37. The minimum atomic E-state index is 0.671. The molecule has 4 rings (SSSR count). The highest BCUT2D eigenvalue weighted by Crippen LogP contribution is 2.39. The summed E-state index contributed by atoms with van der Waals surface area (Å²) in [6.45, 7) is 3.37. The molecule has 2 aromatic rings. The van der Waals surface area contributed by atoms with Gasteiger partial charge in [0.1, 0.15) is 5.82 Å². The van der Waals surface area contributed by atoms with Gasteiger partial charge in [-0.3, -0.25) is 5.10 Å². The van der Waals surface area contributed by atoms with Crippen molar-refractivity contribution in [3.8, 4) is 0 Å². The number of hydrogen-bond donors (Lipinski definition) is 2. The third-order valence-corrected chi connectivity index (χ3v) is 5.23. The zero-order chi connectivity index (χ0) is 17.2. The number of rotatable bonds is 6. The minimum absolute atomic E-state index is 0.671. The van der Waals surface area contributed by atoms with E-state index < -0.39 is 0 Å². The lowest BCUT2D eigenvalue weighted by molar-refractivity contribution is 0.222. The van der Waals surface area contributed by atoms with Crippen LogP contribution in [-0.2, 0) is 0 Å². The molecular formula is C18H27N7. The van der Waals surface area contributed by atoms with Gasteiger partial charge in [-0.15, -0.1) is 0 Å². The van der Waals surface area contributed by atoms with Crippen LogP contribution < -0.4 is 10.2 Å². The van der Waals surface area contributed by atoms with E-state index in [9.17, 15) is 0 Å². The van der Waals surface area contributed by atoms with Crippen LogP contribution in [0.2, 0.25) is 0 Å². The number of anilines is 3. The zero-order valence-electron chi connectivity index (χ0n) is 15.1. The molecule has 7 nitrogen and oxygen atoms in total. The predicted octanol–water partition coefficient (Wildman–Crippen LogP) is 2.60. The number of aromatic amines is 1. The molecule has 1 aliphatic carbocycles. The number of nitrogens with zero attached hydrogens (tertiary/aromatic N) is 5. The van der Waals surface area contributed by atoms with Crippen molar-refractivity contribution in [3.63, 3.8) is 0 Å². The number of hydrogen-bond acceptors (Lipinski definition) is 6. The quantitative estimate of drug-likeness (QED) is 0.841. The highest BCUT2D eigenvalue weighted by Gasteiger charge is 2.25. The van der Waals surface area contributed by atoms with Crippen molar-refractivity contribution in [1.29, 1.82) is 0 Å². The van der Waals surface area contributed by atoms with E-state index in [4.69, 9.17) is 0 Å². The number of H-pyrrole nitrogens is 1. The Labute approximate surface area is 148 Å². The second-order valence-electron chi connectivity index (χ2n) is 7.48. The van der Waals surface area contributed by atoms with Gasteiger partial charge in [0, 0.05) is 37.5 Å². The van der Waals surface area contributed by atoms with E-state index in [-0.39, 0.29) is 0 Å². The van der Waals surface area contributed by atoms with Crippen LogP contribution in [0.3, 0.4) is 0 Å². The van der Waals surface area contributed by atoms with Crippen LogP contribution in [0.25, 0.3) is 0 Å². The van der Waals surface area contributed by atoms with Crippen molar-refractivity contribution in [3.05, 3.63) is 24.0 Å².